The number of ether oxygens (including phenoxy) is 1. The Kier molecular flexibility index (Phi) is 3.29. The Labute approximate surface area is 125 Å². The summed E-state index contributed by atoms with van der Waals surface area (Å²) in [6.45, 7) is 3.48. The fourth-order valence-electron chi connectivity index (χ4n) is 2.64. The smallest absolute Gasteiger partial charge is 0.342 e. The van der Waals surface area contributed by atoms with Crippen molar-refractivity contribution < 1.29 is 19.1 Å². The van der Waals surface area contributed by atoms with Crippen molar-refractivity contribution in [3.05, 3.63) is 40.5 Å². The normalized spacial score (nSPS) is 11.0. The lowest BCUT2D eigenvalue weighted by Gasteiger charge is -2.06. The maximum absolute atomic E-state index is 12.1. The van der Waals surface area contributed by atoms with Crippen molar-refractivity contribution in [2.45, 2.75) is 13.8 Å². The number of hydrogen-bond donors (Lipinski definition) is 1. The number of carbonyl (C=O) groups excluding carboxylic acids is 1. The Morgan fingerprint density at radius 2 is 2.00 bits per heavy atom. The van der Waals surface area contributed by atoms with Gasteiger partial charge in [0.1, 0.15) is 16.9 Å². The second-order valence-electron chi connectivity index (χ2n) is 4.79. The molecule has 0 atom stereocenters. The van der Waals surface area contributed by atoms with E-state index in [-0.39, 0.29) is 29.0 Å². The van der Waals surface area contributed by atoms with Crippen LogP contribution in [-0.2, 0) is 4.74 Å². The maximum Gasteiger partial charge on any atom is 0.342 e. The van der Waals surface area contributed by atoms with E-state index in [0.717, 1.165) is 0 Å². The highest BCUT2D eigenvalue weighted by Crippen LogP contribution is 2.46. The van der Waals surface area contributed by atoms with Crippen molar-refractivity contribution in [1.29, 1.82) is 0 Å². The van der Waals surface area contributed by atoms with Crippen molar-refractivity contribution in [1.82, 2.24) is 0 Å². The molecule has 0 unspecified atom stereocenters. The van der Waals surface area contributed by atoms with E-state index >= 15 is 0 Å². The van der Waals surface area contributed by atoms with Crippen LogP contribution in [0.25, 0.3) is 21.7 Å². The highest BCUT2D eigenvalue weighted by Gasteiger charge is 2.26. The lowest BCUT2D eigenvalue weighted by molar-refractivity contribution is 0.0526. The molecule has 0 saturated carbocycles. The van der Waals surface area contributed by atoms with E-state index in [9.17, 15) is 14.8 Å². The molecule has 0 bridgehead atoms. The minimum absolute atomic E-state index is 0.116. The molecular formula is C16H13NO5. The minimum atomic E-state index is -0.610. The van der Waals surface area contributed by atoms with Crippen molar-refractivity contribution in [2.75, 3.05) is 6.61 Å². The topological polar surface area (TPSA) is 89.1 Å². The third-order valence-corrected chi connectivity index (χ3v) is 3.54. The van der Waals surface area contributed by atoms with Crippen molar-refractivity contribution in [3.63, 3.8) is 0 Å². The van der Waals surface area contributed by atoms with E-state index in [1.165, 1.54) is 0 Å². The van der Waals surface area contributed by atoms with Gasteiger partial charge in [-0.25, -0.2) is 4.79 Å². The lowest BCUT2D eigenvalue weighted by Crippen LogP contribution is -2.05. The van der Waals surface area contributed by atoms with Gasteiger partial charge in [-0.05, 0) is 19.0 Å². The van der Waals surface area contributed by atoms with Crippen LogP contribution in [0.4, 0.5) is 5.69 Å². The number of hydrogen-bond acceptors (Lipinski definition) is 6. The number of phenols is 1. The zero-order chi connectivity index (χ0) is 15.9. The van der Waals surface area contributed by atoms with Crippen LogP contribution in [0.15, 0.2) is 33.9 Å². The molecule has 1 N–H and O–H groups in total. The molecule has 112 valence electrons. The van der Waals surface area contributed by atoms with Gasteiger partial charge in [0.25, 0.3) is 0 Å². The number of nitrogens with zero attached hydrogens (tertiary/aromatic N) is 1. The quantitative estimate of drug-likeness (QED) is 0.579. The largest absolute Gasteiger partial charge is 0.505 e. The van der Waals surface area contributed by atoms with Gasteiger partial charge >= 0.3 is 5.97 Å². The number of esters is 1. The second-order valence-corrected chi connectivity index (χ2v) is 4.79. The first-order valence-electron chi connectivity index (χ1n) is 6.77. The van der Waals surface area contributed by atoms with Crippen LogP contribution < -0.4 is 0 Å². The first-order chi connectivity index (χ1) is 10.6. The van der Waals surface area contributed by atoms with Gasteiger partial charge in [-0.15, -0.1) is 4.91 Å². The fourth-order valence-corrected chi connectivity index (χ4v) is 2.64. The first kappa shape index (κ1) is 14.1. The van der Waals surface area contributed by atoms with E-state index < -0.39 is 5.97 Å². The SMILES string of the molecule is CCOC(=O)c1c(C)oc2c1c(O)c(N=O)c1ccccc12. The summed E-state index contributed by atoms with van der Waals surface area (Å²) >= 11 is 0. The molecule has 3 rings (SSSR count). The molecule has 0 spiro atoms. The van der Waals surface area contributed by atoms with E-state index in [1.54, 1.807) is 38.1 Å². The van der Waals surface area contributed by atoms with Crippen LogP contribution in [0.1, 0.15) is 23.0 Å². The van der Waals surface area contributed by atoms with Gasteiger partial charge in [0, 0.05) is 10.8 Å². The molecule has 0 amide bonds. The highest BCUT2D eigenvalue weighted by atomic mass is 16.5. The Balaban J connectivity index is 2.51. The number of aryl methyl sites for hydroxylation is 1. The zero-order valence-electron chi connectivity index (χ0n) is 12.0. The predicted octanol–water partition coefficient (Wildman–Crippen LogP) is 4.17. The van der Waals surface area contributed by atoms with Gasteiger partial charge < -0.3 is 14.3 Å². The number of benzene rings is 2. The number of carbonyl (C=O) groups is 1. The molecule has 6 nitrogen and oxygen atoms in total. The molecule has 2 aromatic carbocycles. The molecule has 3 aromatic rings. The summed E-state index contributed by atoms with van der Waals surface area (Å²) in [5, 5.41) is 14.5. The number of nitroso groups, excluding NO2 is 1. The highest BCUT2D eigenvalue weighted by molar-refractivity contribution is 6.19. The maximum atomic E-state index is 12.1. The Morgan fingerprint density at radius 3 is 2.64 bits per heavy atom. The third kappa shape index (κ3) is 1.84. The van der Waals surface area contributed by atoms with Gasteiger partial charge in [0.05, 0.1) is 12.0 Å². The van der Waals surface area contributed by atoms with E-state index in [0.29, 0.717) is 22.1 Å². The Morgan fingerprint density at radius 1 is 1.32 bits per heavy atom. The molecule has 22 heavy (non-hydrogen) atoms. The van der Waals surface area contributed by atoms with Gasteiger partial charge in [0.15, 0.2) is 11.4 Å². The Bertz CT molecular complexity index is 910. The molecule has 0 fully saturated rings. The van der Waals surface area contributed by atoms with Gasteiger partial charge in [-0.3, -0.25) is 0 Å². The van der Waals surface area contributed by atoms with Gasteiger partial charge in [0.2, 0.25) is 0 Å². The summed E-state index contributed by atoms with van der Waals surface area (Å²) in [6.07, 6.45) is 0. The van der Waals surface area contributed by atoms with Gasteiger partial charge in [-0.1, -0.05) is 24.3 Å². The van der Waals surface area contributed by atoms with E-state index in [4.69, 9.17) is 9.15 Å². The van der Waals surface area contributed by atoms with Crippen molar-refractivity contribution >= 4 is 33.4 Å². The monoisotopic (exact) mass is 299 g/mol. The number of fused-ring (bicyclic) bond motifs is 3. The summed E-state index contributed by atoms with van der Waals surface area (Å²) < 4.78 is 10.7. The standard InChI is InChI=1S/C16H13NO5/c1-3-21-16(19)11-8(2)22-15-10-7-5-4-6-9(10)13(17-20)14(18)12(11)15/h4-7,18H,3H2,1-2H3. The first-order valence-corrected chi connectivity index (χ1v) is 6.77. The molecule has 0 radical (unpaired) electrons. The predicted molar refractivity (Wildman–Crippen MR) is 81.5 cm³/mol. The zero-order valence-corrected chi connectivity index (χ0v) is 12.0. The average molecular weight is 299 g/mol. The average Bonchev–Trinajstić information content (AvgIpc) is 2.86. The van der Waals surface area contributed by atoms with Gasteiger partial charge in [-0.2, -0.15) is 0 Å². The van der Waals surface area contributed by atoms with Crippen LogP contribution in [0.3, 0.4) is 0 Å². The minimum Gasteiger partial charge on any atom is -0.505 e. The third-order valence-electron chi connectivity index (χ3n) is 3.54. The molecule has 0 aliphatic carbocycles. The summed E-state index contributed by atoms with van der Waals surface area (Å²) in [6, 6.07) is 6.90. The number of phenolic OH excluding ortho intramolecular Hbond substituents is 1. The van der Waals surface area contributed by atoms with E-state index in [1.807, 2.05) is 0 Å². The molecule has 0 aliphatic heterocycles. The Hall–Kier alpha value is -2.89. The summed E-state index contributed by atoms with van der Waals surface area (Å²) in [4.78, 5) is 23.3. The van der Waals surface area contributed by atoms with Crippen LogP contribution >= 0.6 is 0 Å². The molecule has 1 heterocycles. The van der Waals surface area contributed by atoms with Crippen molar-refractivity contribution in [3.8, 4) is 5.75 Å². The number of furan rings is 1. The number of rotatable bonds is 3. The molecule has 0 aliphatic rings. The molecular weight excluding hydrogens is 286 g/mol. The van der Waals surface area contributed by atoms with Crippen LogP contribution in [-0.4, -0.2) is 17.7 Å². The second kappa shape index (κ2) is 5.14. The fraction of sp³-hybridized carbons (Fsp3) is 0.188. The molecule has 0 saturated heterocycles. The van der Waals surface area contributed by atoms with Crippen molar-refractivity contribution in [2.24, 2.45) is 5.18 Å². The lowest BCUT2D eigenvalue weighted by atomic mass is 10.0. The summed E-state index contributed by atoms with van der Waals surface area (Å²) in [5.74, 6) is -0.665. The molecule has 6 heteroatoms. The van der Waals surface area contributed by atoms with Crippen LogP contribution in [0, 0.1) is 11.8 Å². The van der Waals surface area contributed by atoms with Crippen LogP contribution in [0.5, 0.6) is 5.75 Å². The van der Waals surface area contributed by atoms with Crippen LogP contribution in [0.2, 0.25) is 0 Å². The summed E-state index contributed by atoms with van der Waals surface area (Å²) in [5.41, 5.74) is 0.334. The molecule has 1 aromatic heterocycles. The number of aromatic hydroxyl groups is 1. The van der Waals surface area contributed by atoms with E-state index in [2.05, 4.69) is 5.18 Å². The summed E-state index contributed by atoms with van der Waals surface area (Å²) in [7, 11) is 0.